The Kier molecular flexibility index (Phi) is 7.98. The van der Waals surface area contributed by atoms with Crippen LogP contribution in [0.3, 0.4) is 0 Å². The summed E-state index contributed by atoms with van der Waals surface area (Å²) in [4.78, 5) is 9.44. The minimum atomic E-state index is 0. The van der Waals surface area contributed by atoms with Gasteiger partial charge >= 0.3 is 0 Å². The van der Waals surface area contributed by atoms with Gasteiger partial charge in [0.15, 0.2) is 0 Å². The van der Waals surface area contributed by atoms with Crippen molar-refractivity contribution in [3.63, 3.8) is 0 Å². The van der Waals surface area contributed by atoms with Gasteiger partial charge in [0, 0.05) is 22.4 Å². The summed E-state index contributed by atoms with van der Waals surface area (Å²) in [5.74, 6) is 0.167. The van der Waals surface area contributed by atoms with E-state index in [1.807, 2.05) is 0 Å². The Balaban J connectivity index is 0. The minimum absolute atomic E-state index is 0. The monoisotopic (exact) mass is 255 g/mol. The number of hydrogen-bond acceptors (Lipinski definition) is 1. The Morgan fingerprint density at radius 2 is 1.40 bits per heavy atom. The summed E-state index contributed by atoms with van der Waals surface area (Å²) in [6, 6.07) is 0. The molecule has 1 nitrogen and oxygen atoms in total. The van der Waals surface area contributed by atoms with Crippen molar-refractivity contribution < 1.29 is 27.2 Å². The van der Waals surface area contributed by atoms with E-state index in [9.17, 15) is 4.79 Å². The molecule has 0 aliphatic rings. The van der Waals surface area contributed by atoms with Gasteiger partial charge in [0.25, 0.3) is 0 Å². The normalized spacial score (nSPS) is 5.20. The van der Waals surface area contributed by atoms with E-state index >= 15 is 0 Å². The van der Waals surface area contributed by atoms with Crippen LogP contribution in [-0.4, -0.2) is 5.78 Å². The maximum atomic E-state index is 9.44. The standard InChI is InChI=1S/C3H6O.Au/c1-3(2)4;/h1-2H3;. The van der Waals surface area contributed by atoms with Gasteiger partial charge in [-0.25, -0.2) is 0 Å². The Hall–Kier alpha value is 0.410. The zero-order chi connectivity index (χ0) is 3.58. The van der Waals surface area contributed by atoms with Crippen molar-refractivity contribution in [1.82, 2.24) is 0 Å². The molecule has 35 valence electrons. The number of rotatable bonds is 0. The van der Waals surface area contributed by atoms with Crippen LogP contribution in [0.5, 0.6) is 0 Å². The number of hydrogen-bond donors (Lipinski definition) is 0. The summed E-state index contributed by atoms with van der Waals surface area (Å²) in [5.41, 5.74) is 0. The zero-order valence-electron chi connectivity index (χ0n) is 3.21. The Morgan fingerprint density at radius 3 is 1.40 bits per heavy atom. The topological polar surface area (TPSA) is 17.1 Å². The van der Waals surface area contributed by atoms with Gasteiger partial charge < -0.3 is 4.79 Å². The predicted octanol–water partition coefficient (Wildman–Crippen LogP) is 0.593. The fraction of sp³-hybridized carbons (Fsp3) is 0.667. The van der Waals surface area contributed by atoms with Crippen molar-refractivity contribution in [2.24, 2.45) is 0 Å². The van der Waals surface area contributed by atoms with Gasteiger partial charge in [-0.05, 0) is 13.8 Å². The van der Waals surface area contributed by atoms with E-state index in [0.29, 0.717) is 0 Å². The fourth-order valence-electron chi connectivity index (χ4n) is 0. The molecule has 0 saturated carbocycles. The van der Waals surface area contributed by atoms with E-state index in [1.165, 1.54) is 13.8 Å². The third-order valence-corrected chi connectivity index (χ3v) is 0. The van der Waals surface area contributed by atoms with Crippen LogP contribution in [0.2, 0.25) is 0 Å². The van der Waals surface area contributed by atoms with Crippen molar-refractivity contribution in [2.75, 3.05) is 0 Å². The van der Waals surface area contributed by atoms with Gasteiger partial charge in [0.2, 0.25) is 0 Å². The first-order valence-corrected chi connectivity index (χ1v) is 1.20. The molecule has 0 aromatic rings. The quantitative estimate of drug-likeness (QED) is 0.579. The third-order valence-electron chi connectivity index (χ3n) is 0. The molecule has 0 saturated heterocycles. The molecule has 0 aromatic carbocycles. The van der Waals surface area contributed by atoms with Crippen LogP contribution in [0.25, 0.3) is 0 Å². The van der Waals surface area contributed by atoms with E-state index in [0.717, 1.165) is 0 Å². The zero-order valence-corrected chi connectivity index (χ0v) is 5.38. The molecule has 0 unspecified atom stereocenters. The molecule has 0 aliphatic carbocycles. The average Bonchev–Trinajstić information content (AvgIpc) is 0.811. The van der Waals surface area contributed by atoms with Gasteiger partial charge in [-0.2, -0.15) is 0 Å². The van der Waals surface area contributed by atoms with Crippen LogP contribution >= 0.6 is 0 Å². The van der Waals surface area contributed by atoms with Crippen LogP contribution in [-0.2, 0) is 27.2 Å². The largest absolute Gasteiger partial charge is 0.300 e. The Bertz CT molecular complexity index is 29.9. The first-order valence-electron chi connectivity index (χ1n) is 1.20. The van der Waals surface area contributed by atoms with Gasteiger partial charge in [-0.1, -0.05) is 0 Å². The summed E-state index contributed by atoms with van der Waals surface area (Å²) in [7, 11) is 0. The van der Waals surface area contributed by atoms with E-state index in [-0.39, 0.29) is 28.2 Å². The summed E-state index contributed by atoms with van der Waals surface area (Å²) in [5, 5.41) is 0. The molecular formula is C3H6AuO. The number of Topliss-reactive ketones (excluding diaryl/α,β-unsaturated/α-hetero) is 1. The molecule has 0 fully saturated rings. The second kappa shape index (κ2) is 4.41. The van der Waals surface area contributed by atoms with Gasteiger partial charge in [0.1, 0.15) is 5.78 Å². The molecule has 0 heterocycles. The second-order valence-corrected chi connectivity index (χ2v) is 0.908. The first kappa shape index (κ1) is 9.05. The van der Waals surface area contributed by atoms with Gasteiger partial charge in [-0.3, -0.25) is 0 Å². The van der Waals surface area contributed by atoms with Crippen molar-refractivity contribution >= 4 is 5.78 Å². The van der Waals surface area contributed by atoms with Crippen LogP contribution in [0.1, 0.15) is 13.8 Å². The molecule has 0 aliphatic heterocycles. The molecule has 0 amide bonds. The smallest absolute Gasteiger partial charge is 0.126 e. The van der Waals surface area contributed by atoms with E-state index in [2.05, 4.69) is 0 Å². The molecule has 1 radical (unpaired) electrons. The summed E-state index contributed by atoms with van der Waals surface area (Å²) < 4.78 is 0. The van der Waals surface area contributed by atoms with Gasteiger partial charge in [-0.15, -0.1) is 0 Å². The third kappa shape index (κ3) is 152. The van der Waals surface area contributed by atoms with Crippen molar-refractivity contribution in [3.05, 3.63) is 0 Å². The molecular weight excluding hydrogens is 249 g/mol. The van der Waals surface area contributed by atoms with E-state index in [4.69, 9.17) is 0 Å². The SMILES string of the molecule is CC(C)=O.[Au]. The van der Waals surface area contributed by atoms with E-state index in [1.54, 1.807) is 0 Å². The molecule has 0 atom stereocenters. The second-order valence-electron chi connectivity index (χ2n) is 0.908. The molecule has 0 bridgehead atoms. The molecule has 2 heteroatoms. The number of carbonyl (C=O) groups excluding carboxylic acids is 1. The Morgan fingerprint density at radius 1 is 1.40 bits per heavy atom. The summed E-state index contributed by atoms with van der Waals surface area (Å²) in [6.07, 6.45) is 0. The average molecular weight is 255 g/mol. The van der Waals surface area contributed by atoms with Gasteiger partial charge in [0.05, 0.1) is 0 Å². The first-order chi connectivity index (χ1) is 1.73. The van der Waals surface area contributed by atoms with Crippen LogP contribution in [0, 0.1) is 0 Å². The van der Waals surface area contributed by atoms with E-state index < -0.39 is 0 Å². The van der Waals surface area contributed by atoms with Crippen molar-refractivity contribution in [3.8, 4) is 0 Å². The summed E-state index contributed by atoms with van der Waals surface area (Å²) in [6.45, 7) is 3.06. The number of carbonyl (C=O) groups is 1. The summed E-state index contributed by atoms with van der Waals surface area (Å²) >= 11 is 0. The number of ketones is 1. The van der Waals surface area contributed by atoms with Crippen LogP contribution in [0.4, 0.5) is 0 Å². The van der Waals surface area contributed by atoms with Crippen LogP contribution < -0.4 is 0 Å². The fourth-order valence-corrected chi connectivity index (χ4v) is 0. The molecule has 0 N–H and O–H groups in total. The van der Waals surface area contributed by atoms with Crippen molar-refractivity contribution in [2.45, 2.75) is 13.8 Å². The maximum absolute atomic E-state index is 9.44. The predicted molar refractivity (Wildman–Crippen MR) is 16.4 cm³/mol. The molecule has 0 spiro atoms. The molecule has 5 heavy (non-hydrogen) atoms. The minimum Gasteiger partial charge on any atom is -0.300 e. The maximum Gasteiger partial charge on any atom is 0.126 e. The Labute approximate surface area is 47.3 Å². The van der Waals surface area contributed by atoms with Crippen molar-refractivity contribution in [1.29, 1.82) is 0 Å². The molecule has 0 aromatic heterocycles. The van der Waals surface area contributed by atoms with Crippen LogP contribution in [0.15, 0.2) is 0 Å². The molecule has 0 rings (SSSR count).